The highest BCUT2D eigenvalue weighted by Crippen LogP contribution is 2.29. The second kappa shape index (κ2) is 4.83. The van der Waals surface area contributed by atoms with E-state index in [0.29, 0.717) is 12.5 Å². The molecule has 1 aliphatic carbocycles. The number of halogens is 1. The van der Waals surface area contributed by atoms with Crippen LogP contribution in [0.3, 0.4) is 0 Å². The van der Waals surface area contributed by atoms with Crippen molar-refractivity contribution in [3.8, 4) is 0 Å². The Kier molecular flexibility index (Phi) is 3.56. The number of rotatable bonds is 5. The minimum absolute atomic E-state index is 0.0823. The van der Waals surface area contributed by atoms with E-state index in [9.17, 15) is 18.5 Å². The second-order valence-corrected chi connectivity index (χ2v) is 6.34. The molecule has 98 valence electrons. The first-order valence-electron chi connectivity index (χ1n) is 5.34. The Morgan fingerprint density at radius 3 is 2.67 bits per heavy atom. The van der Waals surface area contributed by atoms with E-state index in [1.807, 2.05) is 0 Å². The van der Waals surface area contributed by atoms with Crippen molar-refractivity contribution in [1.82, 2.24) is 4.72 Å². The summed E-state index contributed by atoms with van der Waals surface area (Å²) in [5, 5.41) is 10.6. The topological polar surface area (TPSA) is 89.3 Å². The first-order valence-corrected chi connectivity index (χ1v) is 7.20. The molecule has 0 unspecified atom stereocenters. The van der Waals surface area contributed by atoms with Crippen molar-refractivity contribution in [1.29, 1.82) is 0 Å². The minimum atomic E-state index is -3.70. The highest BCUT2D eigenvalue weighted by Gasteiger charge is 2.25. The van der Waals surface area contributed by atoms with Crippen molar-refractivity contribution >= 4 is 27.3 Å². The molecule has 1 N–H and O–H groups in total. The zero-order valence-corrected chi connectivity index (χ0v) is 10.9. The summed E-state index contributed by atoms with van der Waals surface area (Å²) in [6.45, 7) is 0.374. The molecule has 0 amide bonds. The van der Waals surface area contributed by atoms with Crippen LogP contribution in [0, 0.1) is 16.0 Å². The maximum absolute atomic E-state index is 11.9. The van der Waals surface area contributed by atoms with E-state index in [0.717, 1.165) is 18.9 Å². The molecule has 18 heavy (non-hydrogen) atoms. The standard InChI is InChI=1S/C10H11ClN2O4S/c11-9-4-3-8(5-10(9)13(14)15)18(16,17)12-6-7-1-2-7/h3-5,7,12H,1-2,6H2. The highest BCUT2D eigenvalue weighted by atomic mass is 35.5. The van der Waals surface area contributed by atoms with Crippen molar-refractivity contribution in [2.24, 2.45) is 5.92 Å². The maximum atomic E-state index is 11.9. The van der Waals surface area contributed by atoms with E-state index in [4.69, 9.17) is 11.6 Å². The fraction of sp³-hybridized carbons (Fsp3) is 0.400. The van der Waals surface area contributed by atoms with Crippen LogP contribution in [0.4, 0.5) is 5.69 Å². The third-order valence-electron chi connectivity index (χ3n) is 2.68. The normalized spacial score (nSPS) is 15.6. The summed E-state index contributed by atoms with van der Waals surface area (Å²) < 4.78 is 26.2. The summed E-state index contributed by atoms with van der Waals surface area (Å²) in [7, 11) is -3.70. The zero-order chi connectivity index (χ0) is 13.3. The lowest BCUT2D eigenvalue weighted by Crippen LogP contribution is -2.25. The van der Waals surface area contributed by atoms with E-state index in [1.165, 1.54) is 12.1 Å². The Labute approximate surface area is 109 Å². The van der Waals surface area contributed by atoms with Crippen LogP contribution in [0.1, 0.15) is 12.8 Å². The average molecular weight is 291 g/mol. The van der Waals surface area contributed by atoms with Gasteiger partial charge in [0.1, 0.15) is 5.02 Å². The van der Waals surface area contributed by atoms with E-state index < -0.39 is 20.6 Å². The van der Waals surface area contributed by atoms with Gasteiger partial charge in [-0.15, -0.1) is 0 Å². The van der Waals surface area contributed by atoms with E-state index in [2.05, 4.69) is 4.72 Å². The third kappa shape index (κ3) is 2.98. The van der Waals surface area contributed by atoms with Crippen LogP contribution in [0.25, 0.3) is 0 Å². The molecule has 0 spiro atoms. The smallest absolute Gasteiger partial charge is 0.258 e. The van der Waals surface area contributed by atoms with E-state index in [1.54, 1.807) is 0 Å². The van der Waals surface area contributed by atoms with Crippen molar-refractivity contribution in [3.05, 3.63) is 33.3 Å². The second-order valence-electron chi connectivity index (χ2n) is 4.17. The van der Waals surface area contributed by atoms with Gasteiger partial charge in [-0.1, -0.05) is 11.6 Å². The molecule has 1 fully saturated rings. The number of nitrogens with one attached hydrogen (secondary N) is 1. The number of sulfonamides is 1. The Balaban J connectivity index is 2.25. The van der Waals surface area contributed by atoms with Crippen LogP contribution in [-0.4, -0.2) is 19.9 Å². The van der Waals surface area contributed by atoms with Crippen LogP contribution in [0.2, 0.25) is 5.02 Å². The molecule has 0 bridgehead atoms. The first kappa shape index (κ1) is 13.3. The van der Waals surface area contributed by atoms with Gasteiger partial charge < -0.3 is 0 Å². The van der Waals surface area contributed by atoms with Crippen molar-refractivity contribution in [3.63, 3.8) is 0 Å². The molecule has 0 radical (unpaired) electrons. The van der Waals surface area contributed by atoms with E-state index >= 15 is 0 Å². The fourth-order valence-electron chi connectivity index (χ4n) is 1.43. The van der Waals surface area contributed by atoms with Gasteiger partial charge in [-0.2, -0.15) is 0 Å². The van der Waals surface area contributed by atoms with Gasteiger partial charge in [0.25, 0.3) is 5.69 Å². The molecule has 2 rings (SSSR count). The minimum Gasteiger partial charge on any atom is -0.258 e. The SMILES string of the molecule is O=[N+]([O-])c1cc(S(=O)(=O)NCC2CC2)ccc1Cl. The summed E-state index contributed by atoms with van der Waals surface area (Å²) in [5.74, 6) is 0.391. The van der Waals surface area contributed by atoms with Crippen LogP contribution in [0.5, 0.6) is 0 Å². The van der Waals surface area contributed by atoms with Gasteiger partial charge in [0.2, 0.25) is 10.0 Å². The number of hydrogen-bond acceptors (Lipinski definition) is 4. The number of benzene rings is 1. The lowest BCUT2D eigenvalue weighted by molar-refractivity contribution is -0.384. The highest BCUT2D eigenvalue weighted by molar-refractivity contribution is 7.89. The summed E-state index contributed by atoms with van der Waals surface area (Å²) in [6, 6.07) is 3.44. The lowest BCUT2D eigenvalue weighted by atomic mass is 10.3. The van der Waals surface area contributed by atoms with Crippen LogP contribution >= 0.6 is 11.6 Å². The number of nitrogens with zero attached hydrogens (tertiary/aromatic N) is 1. The molecular formula is C10H11ClN2O4S. The van der Waals surface area contributed by atoms with Crippen molar-refractivity contribution in [2.45, 2.75) is 17.7 Å². The molecule has 0 saturated heterocycles. The zero-order valence-electron chi connectivity index (χ0n) is 9.30. The summed E-state index contributed by atoms with van der Waals surface area (Å²) in [6.07, 6.45) is 2.03. The Hall–Kier alpha value is -1.18. The molecule has 1 aliphatic rings. The van der Waals surface area contributed by atoms with E-state index in [-0.39, 0.29) is 9.92 Å². The predicted octanol–water partition coefficient (Wildman–Crippen LogP) is 1.94. The molecule has 6 nitrogen and oxygen atoms in total. The predicted molar refractivity (Wildman–Crippen MR) is 66.0 cm³/mol. The van der Waals surface area contributed by atoms with Crippen molar-refractivity contribution < 1.29 is 13.3 Å². The van der Waals surface area contributed by atoms with Gasteiger partial charge >= 0.3 is 0 Å². The quantitative estimate of drug-likeness (QED) is 0.663. The molecule has 0 atom stereocenters. The Bertz CT molecular complexity index is 584. The number of hydrogen-bond donors (Lipinski definition) is 1. The van der Waals surface area contributed by atoms with Crippen LogP contribution < -0.4 is 4.72 Å². The summed E-state index contributed by atoms with van der Waals surface area (Å²) in [5.41, 5.74) is -0.411. The molecule has 0 aromatic heterocycles. The molecule has 8 heteroatoms. The van der Waals surface area contributed by atoms with Crippen LogP contribution in [0.15, 0.2) is 23.1 Å². The third-order valence-corrected chi connectivity index (χ3v) is 4.42. The van der Waals surface area contributed by atoms with Gasteiger partial charge in [-0.3, -0.25) is 10.1 Å². The summed E-state index contributed by atoms with van der Waals surface area (Å²) >= 11 is 5.62. The first-order chi connectivity index (χ1) is 8.40. The van der Waals surface area contributed by atoms with Gasteiger partial charge in [0, 0.05) is 12.6 Å². The maximum Gasteiger partial charge on any atom is 0.289 e. The monoisotopic (exact) mass is 290 g/mol. The molecule has 1 aromatic rings. The van der Waals surface area contributed by atoms with Gasteiger partial charge in [-0.25, -0.2) is 13.1 Å². The van der Waals surface area contributed by atoms with Gasteiger partial charge in [0.15, 0.2) is 0 Å². The molecule has 0 aliphatic heterocycles. The largest absolute Gasteiger partial charge is 0.289 e. The number of nitro groups is 1. The summed E-state index contributed by atoms with van der Waals surface area (Å²) in [4.78, 5) is 9.84. The fourth-order valence-corrected chi connectivity index (χ4v) is 2.75. The lowest BCUT2D eigenvalue weighted by Gasteiger charge is -2.06. The average Bonchev–Trinajstić information content (AvgIpc) is 3.10. The molecule has 0 heterocycles. The van der Waals surface area contributed by atoms with Crippen LogP contribution in [-0.2, 0) is 10.0 Å². The Morgan fingerprint density at radius 2 is 2.11 bits per heavy atom. The molecule has 1 aromatic carbocycles. The van der Waals surface area contributed by atoms with Gasteiger partial charge in [-0.05, 0) is 30.9 Å². The number of nitro benzene ring substituents is 1. The van der Waals surface area contributed by atoms with Gasteiger partial charge in [0.05, 0.1) is 9.82 Å². The molecular weight excluding hydrogens is 280 g/mol. The van der Waals surface area contributed by atoms with Crippen molar-refractivity contribution in [2.75, 3.05) is 6.54 Å². The Morgan fingerprint density at radius 1 is 1.44 bits per heavy atom. The molecule has 1 saturated carbocycles.